The third kappa shape index (κ3) is 6.23. The minimum atomic E-state index is -1.44. The lowest BCUT2D eigenvalue weighted by atomic mass is 9.99. The van der Waals surface area contributed by atoms with Gasteiger partial charge in [-0.2, -0.15) is 0 Å². The second-order valence-electron chi connectivity index (χ2n) is 8.28. The molecule has 6 atom stereocenters. The van der Waals surface area contributed by atoms with Crippen LogP contribution < -0.4 is 5.32 Å². The van der Waals surface area contributed by atoms with Crippen LogP contribution in [-0.2, 0) is 49.4 Å². The van der Waals surface area contributed by atoms with Crippen LogP contribution in [0.1, 0.15) is 33.3 Å². The lowest BCUT2D eigenvalue weighted by molar-refractivity contribution is -0.240. The molecule has 2 fully saturated rings. The van der Waals surface area contributed by atoms with E-state index in [4.69, 9.17) is 33.2 Å². The van der Waals surface area contributed by atoms with E-state index in [2.05, 4.69) is 5.32 Å². The topological polar surface area (TPSA) is 128 Å². The molecule has 2 aliphatic heterocycles. The summed E-state index contributed by atoms with van der Waals surface area (Å²) in [6, 6.07) is 7.58. The highest BCUT2D eigenvalue weighted by Gasteiger charge is 2.60. The molecule has 0 saturated carbocycles. The Morgan fingerprint density at radius 2 is 1.76 bits per heavy atom. The number of esters is 2. The van der Waals surface area contributed by atoms with Crippen LogP contribution in [0.4, 0.5) is 4.79 Å². The third-order valence-electron chi connectivity index (χ3n) is 5.26. The molecular weight excluding hydrogens is 450 g/mol. The van der Waals surface area contributed by atoms with Gasteiger partial charge in [0.2, 0.25) is 0 Å². The molecule has 188 valence electrons. The summed E-state index contributed by atoms with van der Waals surface area (Å²) in [6.07, 6.45) is -5.46. The van der Waals surface area contributed by atoms with E-state index in [0.29, 0.717) is 0 Å². The van der Waals surface area contributed by atoms with Crippen molar-refractivity contribution in [2.45, 2.75) is 76.8 Å². The van der Waals surface area contributed by atoms with E-state index >= 15 is 0 Å². The van der Waals surface area contributed by atoms with E-state index in [1.807, 2.05) is 6.07 Å². The molecule has 0 aromatic heterocycles. The van der Waals surface area contributed by atoms with Crippen molar-refractivity contribution in [1.29, 1.82) is 0 Å². The smallest absolute Gasteiger partial charge is 0.408 e. The number of carbonyl (C=O) groups excluding carboxylic acids is 3. The van der Waals surface area contributed by atoms with Crippen LogP contribution >= 0.6 is 0 Å². The second kappa shape index (κ2) is 11.1. The first kappa shape index (κ1) is 25.9. The zero-order chi connectivity index (χ0) is 24.9. The molecule has 1 aromatic carbocycles. The van der Waals surface area contributed by atoms with Crippen molar-refractivity contribution >= 4 is 18.0 Å². The molecule has 0 spiro atoms. The number of ether oxygens (including phenoxy) is 7. The van der Waals surface area contributed by atoms with Gasteiger partial charge in [0.1, 0.15) is 24.9 Å². The minimum Gasteiger partial charge on any atom is -0.464 e. The van der Waals surface area contributed by atoms with Crippen LogP contribution in [0.15, 0.2) is 30.3 Å². The fourth-order valence-electron chi connectivity index (χ4n) is 3.96. The van der Waals surface area contributed by atoms with Gasteiger partial charge in [-0.1, -0.05) is 30.3 Å². The Hall–Kier alpha value is -2.73. The van der Waals surface area contributed by atoms with E-state index in [0.717, 1.165) is 5.56 Å². The van der Waals surface area contributed by atoms with E-state index in [-0.39, 0.29) is 13.2 Å². The summed E-state index contributed by atoms with van der Waals surface area (Å²) in [5.74, 6) is -2.49. The normalized spacial score (nSPS) is 26.7. The molecule has 34 heavy (non-hydrogen) atoms. The summed E-state index contributed by atoms with van der Waals surface area (Å²) in [7, 11) is 1.43. The van der Waals surface area contributed by atoms with Gasteiger partial charge < -0.3 is 38.5 Å². The minimum absolute atomic E-state index is 0.0258. The summed E-state index contributed by atoms with van der Waals surface area (Å²) < 4.78 is 39.0. The quantitative estimate of drug-likeness (QED) is 0.411. The van der Waals surface area contributed by atoms with Gasteiger partial charge in [0, 0.05) is 14.0 Å². The second-order valence-corrected chi connectivity index (χ2v) is 8.28. The Bertz CT molecular complexity index is 861. The van der Waals surface area contributed by atoms with Crippen molar-refractivity contribution in [1.82, 2.24) is 5.32 Å². The molecule has 4 unspecified atom stereocenters. The molecule has 2 saturated heterocycles. The van der Waals surface area contributed by atoms with Gasteiger partial charge >= 0.3 is 18.0 Å². The maximum Gasteiger partial charge on any atom is 0.408 e. The summed E-state index contributed by atoms with van der Waals surface area (Å²) in [6.45, 7) is 6.24. The molecular formula is C23H31NO10. The van der Waals surface area contributed by atoms with Crippen LogP contribution in [0.5, 0.6) is 0 Å². The fourth-order valence-corrected chi connectivity index (χ4v) is 3.96. The average Bonchev–Trinajstić information content (AvgIpc) is 3.28. The van der Waals surface area contributed by atoms with E-state index < -0.39 is 60.6 Å². The van der Waals surface area contributed by atoms with E-state index in [1.54, 1.807) is 45.0 Å². The molecule has 1 amide bonds. The largest absolute Gasteiger partial charge is 0.464 e. The molecule has 0 aliphatic carbocycles. The molecule has 11 nitrogen and oxygen atoms in total. The standard InChI is InChI=1S/C23H31NO10/c1-6-29-20(26)15(24-22(27)30-12-14-10-8-7-9-11-14)16(31-13(2)25)17-18-19(21(28-5)32-17)34-23(3,4)33-18/h7-11,15-19,21H,6,12H2,1-5H3,(H,24,27)/t15?,16?,17-,18?,19?,21-/m1/s1. The monoisotopic (exact) mass is 481 g/mol. The van der Waals surface area contributed by atoms with Crippen LogP contribution in [0, 0.1) is 0 Å². The lowest BCUT2D eigenvalue weighted by Gasteiger charge is -2.32. The summed E-state index contributed by atoms with van der Waals surface area (Å²) in [4.78, 5) is 37.4. The number of hydrogen-bond donors (Lipinski definition) is 1. The molecule has 2 aliphatic rings. The summed E-state index contributed by atoms with van der Waals surface area (Å²) in [5, 5.41) is 2.46. The van der Waals surface area contributed by atoms with Crippen molar-refractivity contribution in [2.24, 2.45) is 0 Å². The van der Waals surface area contributed by atoms with E-state index in [1.165, 1.54) is 14.0 Å². The van der Waals surface area contributed by atoms with Gasteiger partial charge in [-0.05, 0) is 26.3 Å². The van der Waals surface area contributed by atoms with Gasteiger partial charge in [-0.25, -0.2) is 9.59 Å². The zero-order valence-electron chi connectivity index (χ0n) is 19.8. The number of amides is 1. The van der Waals surface area contributed by atoms with Crippen molar-refractivity contribution in [3.8, 4) is 0 Å². The van der Waals surface area contributed by atoms with Gasteiger partial charge in [-0.3, -0.25) is 4.79 Å². The molecule has 0 bridgehead atoms. The van der Waals surface area contributed by atoms with Crippen molar-refractivity contribution < 1.29 is 47.5 Å². The highest BCUT2D eigenvalue weighted by atomic mass is 16.8. The van der Waals surface area contributed by atoms with Gasteiger partial charge in [0.25, 0.3) is 0 Å². The Labute approximate surface area is 197 Å². The van der Waals surface area contributed by atoms with E-state index in [9.17, 15) is 14.4 Å². The molecule has 11 heteroatoms. The molecule has 3 rings (SSSR count). The number of alkyl carbamates (subject to hydrolysis) is 1. The van der Waals surface area contributed by atoms with Crippen molar-refractivity contribution in [3.05, 3.63) is 35.9 Å². The maximum atomic E-state index is 12.9. The molecule has 1 aromatic rings. The predicted octanol–water partition coefficient (Wildman–Crippen LogP) is 1.67. The van der Waals surface area contributed by atoms with Crippen LogP contribution in [0.25, 0.3) is 0 Å². The van der Waals surface area contributed by atoms with Gasteiger partial charge in [-0.15, -0.1) is 0 Å². The Balaban J connectivity index is 1.83. The first-order valence-electron chi connectivity index (χ1n) is 11.0. The maximum absolute atomic E-state index is 12.9. The molecule has 1 N–H and O–H groups in total. The fraction of sp³-hybridized carbons (Fsp3) is 0.609. The first-order valence-corrected chi connectivity index (χ1v) is 11.0. The summed E-state index contributed by atoms with van der Waals surface area (Å²) >= 11 is 0. The third-order valence-corrected chi connectivity index (χ3v) is 5.26. The first-order chi connectivity index (χ1) is 16.1. The number of benzene rings is 1. The van der Waals surface area contributed by atoms with Gasteiger partial charge in [0.05, 0.1) is 6.61 Å². The van der Waals surface area contributed by atoms with Crippen LogP contribution in [-0.4, -0.2) is 74.3 Å². The van der Waals surface area contributed by atoms with Crippen molar-refractivity contribution in [2.75, 3.05) is 13.7 Å². The number of fused-ring (bicyclic) bond motifs is 1. The van der Waals surface area contributed by atoms with Crippen LogP contribution in [0.3, 0.4) is 0 Å². The lowest BCUT2D eigenvalue weighted by Crippen LogP contribution is -2.57. The zero-order valence-corrected chi connectivity index (χ0v) is 19.8. The number of nitrogens with one attached hydrogen (secondary N) is 1. The van der Waals surface area contributed by atoms with Crippen LogP contribution in [0.2, 0.25) is 0 Å². The van der Waals surface area contributed by atoms with Crippen molar-refractivity contribution in [3.63, 3.8) is 0 Å². The SMILES string of the molecule is CCOC(=O)C(NC(=O)OCc1ccccc1)C(OC(C)=O)[C@H]1O[C@@H](OC)C2OC(C)(C)OC21. The number of methoxy groups -OCH3 is 1. The number of carbonyl (C=O) groups is 3. The Morgan fingerprint density at radius 3 is 2.38 bits per heavy atom. The highest BCUT2D eigenvalue weighted by Crippen LogP contribution is 2.41. The van der Waals surface area contributed by atoms with Gasteiger partial charge in [0.15, 0.2) is 24.2 Å². The molecule has 0 radical (unpaired) electrons. The Morgan fingerprint density at radius 1 is 1.09 bits per heavy atom. The number of rotatable bonds is 9. The number of hydrogen-bond acceptors (Lipinski definition) is 10. The highest BCUT2D eigenvalue weighted by molar-refractivity contribution is 5.82. The predicted molar refractivity (Wildman–Crippen MR) is 115 cm³/mol. The Kier molecular flexibility index (Phi) is 8.47. The molecule has 2 heterocycles. The average molecular weight is 481 g/mol. The summed E-state index contributed by atoms with van der Waals surface area (Å²) in [5.41, 5.74) is 0.755.